The van der Waals surface area contributed by atoms with Crippen LogP contribution in [0.15, 0.2) is 60.4 Å². The zero-order valence-corrected chi connectivity index (χ0v) is 18.3. The maximum atomic E-state index is 13.1. The van der Waals surface area contributed by atoms with Gasteiger partial charge in [-0.2, -0.15) is 0 Å². The number of Topliss-reactive ketones (excluding diaryl/α,β-unsaturated/α-hetero) is 1. The second-order valence-electron chi connectivity index (χ2n) is 8.20. The van der Waals surface area contributed by atoms with Crippen LogP contribution in [0.3, 0.4) is 0 Å². The Labute approximate surface area is 195 Å². The first-order valence-electron chi connectivity index (χ1n) is 11.0. The highest BCUT2D eigenvalue weighted by Crippen LogP contribution is 2.50. The van der Waals surface area contributed by atoms with Gasteiger partial charge in [0, 0.05) is 11.5 Å². The lowest BCUT2D eigenvalue weighted by molar-refractivity contribution is -0.135. The molecule has 0 unspecified atom stereocenters. The van der Waals surface area contributed by atoms with Crippen LogP contribution in [-0.2, 0) is 4.79 Å². The normalized spacial score (nSPS) is 19.2. The van der Waals surface area contributed by atoms with Gasteiger partial charge in [0.15, 0.2) is 17.3 Å². The van der Waals surface area contributed by atoms with Gasteiger partial charge in [-0.1, -0.05) is 18.2 Å². The van der Waals surface area contributed by atoms with Gasteiger partial charge in [0.25, 0.3) is 0 Å². The monoisotopic (exact) mass is 456 g/mol. The first kappa shape index (κ1) is 20.4. The average molecular weight is 456 g/mol. The van der Waals surface area contributed by atoms with Gasteiger partial charge in [0.2, 0.25) is 5.78 Å². The van der Waals surface area contributed by atoms with Gasteiger partial charge in [0.1, 0.15) is 30.5 Å². The summed E-state index contributed by atoms with van der Waals surface area (Å²) in [5, 5.41) is 0. The highest BCUT2D eigenvalue weighted by atomic mass is 16.6. The Bertz CT molecular complexity index is 1350. The van der Waals surface area contributed by atoms with Gasteiger partial charge in [0.05, 0.1) is 19.1 Å². The number of hydrogen-bond donors (Lipinski definition) is 0. The van der Waals surface area contributed by atoms with Gasteiger partial charge in [-0.3, -0.25) is 9.59 Å². The minimum atomic E-state index is -0.352. The summed E-state index contributed by atoms with van der Waals surface area (Å²) < 4.78 is 28.2. The fraction of sp³-hybridized carbons (Fsp3) is 0.185. The lowest BCUT2D eigenvalue weighted by atomic mass is 9.84. The Hall–Kier alpha value is -4.26. The van der Waals surface area contributed by atoms with Crippen molar-refractivity contribution in [2.24, 2.45) is 0 Å². The minimum absolute atomic E-state index is 0.123. The van der Waals surface area contributed by atoms with Gasteiger partial charge in [-0.25, -0.2) is 0 Å². The Balaban J connectivity index is 1.41. The van der Waals surface area contributed by atoms with Crippen molar-refractivity contribution in [3.05, 3.63) is 82.6 Å². The number of hydrogen-bond acceptors (Lipinski definition) is 7. The molecule has 0 spiro atoms. The molecule has 0 aromatic heterocycles. The molecule has 3 aliphatic heterocycles. The predicted molar refractivity (Wildman–Crippen MR) is 122 cm³/mol. The predicted octanol–water partition coefficient (Wildman–Crippen LogP) is 4.52. The highest BCUT2D eigenvalue weighted by molar-refractivity contribution is 6.15. The molecule has 3 aliphatic rings. The van der Waals surface area contributed by atoms with E-state index in [1.165, 1.54) is 0 Å². The van der Waals surface area contributed by atoms with Crippen molar-refractivity contribution in [1.29, 1.82) is 0 Å². The highest BCUT2D eigenvalue weighted by Gasteiger charge is 2.38. The summed E-state index contributed by atoms with van der Waals surface area (Å²) in [4.78, 5) is 25.6. The summed E-state index contributed by atoms with van der Waals surface area (Å²) in [5.74, 6) is 2.15. The number of allylic oxidation sites excluding steroid dienone is 1. The number of carbonyl (C=O) groups is 2. The summed E-state index contributed by atoms with van der Waals surface area (Å²) in [6.07, 6.45) is 1.82. The number of carbonyl (C=O) groups excluding carboxylic acids is 2. The summed E-state index contributed by atoms with van der Waals surface area (Å²) >= 11 is 0. The number of ether oxygens (including phenoxy) is 5. The van der Waals surface area contributed by atoms with Crippen LogP contribution in [0.1, 0.15) is 39.4 Å². The second-order valence-corrected chi connectivity index (χ2v) is 8.20. The van der Waals surface area contributed by atoms with Crippen molar-refractivity contribution < 1.29 is 33.3 Å². The number of fused-ring (bicyclic) bond motifs is 4. The first-order chi connectivity index (χ1) is 16.6. The average Bonchev–Trinajstić information content (AvgIpc) is 3.18. The van der Waals surface area contributed by atoms with E-state index < -0.39 is 0 Å². The second kappa shape index (κ2) is 7.95. The zero-order valence-electron chi connectivity index (χ0n) is 18.3. The molecule has 7 nitrogen and oxygen atoms in total. The van der Waals surface area contributed by atoms with Crippen LogP contribution in [0.5, 0.6) is 28.7 Å². The molecule has 6 rings (SSSR count). The standard InChI is InChI=1S/C27H20O7/c1-30-17-5-2-15(3-6-17)12-23-26(29)18-7-9-21-25(27(18)34-23)19(14-24(28)33-21)16-4-8-20-22(13-16)32-11-10-31-20/h2-9,12-13,19H,10-11,14H2,1H3/b23-12-/t19-/m1/s1. The molecule has 0 fully saturated rings. The Morgan fingerprint density at radius 1 is 0.882 bits per heavy atom. The minimum Gasteiger partial charge on any atom is -0.497 e. The molecule has 0 radical (unpaired) electrons. The van der Waals surface area contributed by atoms with Crippen LogP contribution in [0.25, 0.3) is 6.08 Å². The van der Waals surface area contributed by atoms with Crippen LogP contribution in [0.2, 0.25) is 0 Å². The number of benzene rings is 3. The molecule has 34 heavy (non-hydrogen) atoms. The maximum Gasteiger partial charge on any atom is 0.312 e. The van der Waals surface area contributed by atoms with Crippen molar-refractivity contribution in [2.75, 3.05) is 20.3 Å². The molecule has 0 aliphatic carbocycles. The molecule has 0 bridgehead atoms. The molecule has 0 saturated carbocycles. The van der Waals surface area contributed by atoms with Crippen LogP contribution in [0.4, 0.5) is 0 Å². The molecule has 3 aromatic rings. The van der Waals surface area contributed by atoms with E-state index in [1.54, 1.807) is 25.3 Å². The molecular weight excluding hydrogens is 436 g/mol. The van der Waals surface area contributed by atoms with Gasteiger partial charge in [-0.05, 0) is 53.6 Å². The summed E-state index contributed by atoms with van der Waals surface area (Å²) in [6.45, 7) is 0.962. The topological polar surface area (TPSA) is 80.3 Å². The Morgan fingerprint density at radius 3 is 2.44 bits per heavy atom. The van der Waals surface area contributed by atoms with E-state index in [2.05, 4.69) is 0 Å². The number of rotatable bonds is 3. The van der Waals surface area contributed by atoms with Crippen molar-refractivity contribution in [1.82, 2.24) is 0 Å². The SMILES string of the molecule is COc1ccc(/C=C2\Oc3c(ccc4c3[C@@H](c3ccc5c(c3)OCCO5)CC(=O)O4)C2=O)cc1. The summed E-state index contributed by atoms with van der Waals surface area (Å²) in [5.41, 5.74) is 2.79. The third kappa shape index (κ3) is 3.37. The van der Waals surface area contributed by atoms with E-state index in [4.69, 9.17) is 23.7 Å². The smallest absolute Gasteiger partial charge is 0.312 e. The molecule has 1 atom stereocenters. The van der Waals surface area contributed by atoms with Crippen LogP contribution in [0, 0.1) is 0 Å². The number of ketones is 1. The van der Waals surface area contributed by atoms with E-state index in [0.717, 1.165) is 16.9 Å². The Morgan fingerprint density at radius 2 is 1.65 bits per heavy atom. The third-order valence-corrected chi connectivity index (χ3v) is 6.16. The molecular formula is C27H20O7. The molecule has 0 amide bonds. The molecule has 3 aromatic carbocycles. The zero-order chi connectivity index (χ0) is 23.2. The van der Waals surface area contributed by atoms with E-state index >= 15 is 0 Å². The molecule has 3 heterocycles. The quantitative estimate of drug-likeness (QED) is 0.326. The lowest BCUT2D eigenvalue weighted by Gasteiger charge is -2.27. The van der Waals surface area contributed by atoms with Crippen LogP contribution < -0.4 is 23.7 Å². The Kier molecular flexibility index (Phi) is 4.76. The fourth-order valence-corrected chi connectivity index (χ4v) is 4.52. The maximum absolute atomic E-state index is 13.1. The lowest BCUT2D eigenvalue weighted by Crippen LogP contribution is -2.22. The van der Waals surface area contributed by atoms with Gasteiger partial charge in [-0.15, -0.1) is 0 Å². The van der Waals surface area contributed by atoms with E-state index in [9.17, 15) is 9.59 Å². The van der Waals surface area contributed by atoms with Crippen molar-refractivity contribution in [3.63, 3.8) is 0 Å². The largest absolute Gasteiger partial charge is 0.497 e. The molecule has 170 valence electrons. The van der Waals surface area contributed by atoms with Gasteiger partial charge < -0.3 is 23.7 Å². The van der Waals surface area contributed by atoms with Gasteiger partial charge >= 0.3 is 5.97 Å². The summed E-state index contributed by atoms with van der Waals surface area (Å²) in [7, 11) is 1.60. The first-order valence-corrected chi connectivity index (χ1v) is 11.0. The van der Waals surface area contributed by atoms with Crippen LogP contribution in [-0.4, -0.2) is 32.1 Å². The van der Waals surface area contributed by atoms with Crippen LogP contribution >= 0.6 is 0 Å². The molecule has 0 N–H and O–H groups in total. The fourth-order valence-electron chi connectivity index (χ4n) is 4.52. The molecule has 7 heteroatoms. The van der Waals surface area contributed by atoms with E-state index in [1.807, 2.05) is 42.5 Å². The number of methoxy groups -OCH3 is 1. The van der Waals surface area contributed by atoms with E-state index in [-0.39, 0.29) is 29.9 Å². The molecule has 0 saturated heterocycles. The van der Waals surface area contributed by atoms with E-state index in [0.29, 0.717) is 47.3 Å². The summed E-state index contributed by atoms with van der Waals surface area (Å²) in [6, 6.07) is 16.3. The van der Waals surface area contributed by atoms with Crippen molar-refractivity contribution in [2.45, 2.75) is 12.3 Å². The van der Waals surface area contributed by atoms with Crippen molar-refractivity contribution >= 4 is 17.8 Å². The third-order valence-electron chi connectivity index (χ3n) is 6.16. The number of esters is 1. The van der Waals surface area contributed by atoms with Crippen molar-refractivity contribution in [3.8, 4) is 28.7 Å².